The maximum Gasteiger partial charge on any atom is 0.408 e. The number of aliphatic hydroxyl groups is 1. The van der Waals surface area contributed by atoms with Gasteiger partial charge in [0.05, 0.1) is 6.61 Å². The topological polar surface area (TPSA) is 72.8 Å². The number of carbonyl (C=O) groups is 1. The molecule has 1 heterocycles. The van der Waals surface area contributed by atoms with E-state index in [4.69, 9.17) is 10.2 Å². The molecule has 1 rings (SSSR count). The Balaban J connectivity index is 2.71. The van der Waals surface area contributed by atoms with Gasteiger partial charge < -0.3 is 15.5 Å². The number of carboxylic acid groups (broad SMARTS) is 1. The van der Waals surface area contributed by atoms with Gasteiger partial charge in [0.25, 0.3) is 0 Å². The Labute approximate surface area is 90.1 Å². The zero-order valence-corrected chi connectivity index (χ0v) is 9.53. The molecule has 1 saturated heterocycles. The van der Waals surface area contributed by atoms with Crippen LogP contribution in [0.25, 0.3) is 0 Å². The maximum atomic E-state index is 11.2. The molecule has 0 aromatic heterocycles. The largest absolute Gasteiger partial charge is 0.465 e. The molecular formula is C10H20N2O3. The predicted molar refractivity (Wildman–Crippen MR) is 56.9 cm³/mol. The smallest absolute Gasteiger partial charge is 0.408 e. The summed E-state index contributed by atoms with van der Waals surface area (Å²) >= 11 is 0. The van der Waals surface area contributed by atoms with E-state index in [0.717, 1.165) is 0 Å². The van der Waals surface area contributed by atoms with Crippen LogP contribution in [0.2, 0.25) is 0 Å². The molecule has 0 aliphatic carbocycles. The summed E-state index contributed by atoms with van der Waals surface area (Å²) in [5.41, 5.74) is -0.400. The summed E-state index contributed by atoms with van der Waals surface area (Å²) in [4.78, 5) is 12.6. The number of hydrogen-bond donors (Lipinski definition) is 3. The van der Waals surface area contributed by atoms with Gasteiger partial charge in [-0.3, -0.25) is 4.90 Å². The normalized spacial score (nSPS) is 26.7. The van der Waals surface area contributed by atoms with E-state index in [-0.39, 0.29) is 18.7 Å². The lowest BCUT2D eigenvalue weighted by atomic mass is 10.0. The summed E-state index contributed by atoms with van der Waals surface area (Å²) in [7, 11) is 0. The number of rotatable bonds is 2. The van der Waals surface area contributed by atoms with Crippen molar-refractivity contribution in [2.45, 2.75) is 44.8 Å². The summed E-state index contributed by atoms with van der Waals surface area (Å²) in [5, 5.41) is 21.3. The van der Waals surface area contributed by atoms with Gasteiger partial charge in [-0.25, -0.2) is 4.79 Å². The van der Waals surface area contributed by atoms with Gasteiger partial charge in [-0.2, -0.15) is 0 Å². The fourth-order valence-corrected chi connectivity index (χ4v) is 2.12. The van der Waals surface area contributed by atoms with Crippen molar-refractivity contribution >= 4 is 6.09 Å². The summed E-state index contributed by atoms with van der Waals surface area (Å²) < 4.78 is 0. The van der Waals surface area contributed by atoms with Crippen LogP contribution in [0, 0.1) is 0 Å². The number of aliphatic hydroxyl groups excluding tert-OH is 1. The lowest BCUT2D eigenvalue weighted by Gasteiger charge is -2.37. The highest BCUT2D eigenvalue weighted by atomic mass is 16.4. The molecule has 0 radical (unpaired) electrons. The third-order valence-electron chi connectivity index (χ3n) is 2.71. The van der Waals surface area contributed by atoms with Gasteiger partial charge in [-0.15, -0.1) is 0 Å². The molecule has 2 unspecified atom stereocenters. The van der Waals surface area contributed by atoms with Crippen LogP contribution in [-0.4, -0.2) is 52.0 Å². The Hall–Kier alpha value is -0.810. The minimum absolute atomic E-state index is 0.0270. The average molecular weight is 216 g/mol. The molecule has 1 amide bonds. The molecule has 5 heteroatoms. The van der Waals surface area contributed by atoms with Gasteiger partial charge in [0, 0.05) is 24.2 Å². The lowest BCUT2D eigenvalue weighted by Crippen LogP contribution is -2.51. The van der Waals surface area contributed by atoms with E-state index < -0.39 is 11.6 Å². The van der Waals surface area contributed by atoms with Crippen molar-refractivity contribution in [2.24, 2.45) is 0 Å². The van der Waals surface area contributed by atoms with Crippen molar-refractivity contribution in [3.05, 3.63) is 0 Å². The Morgan fingerprint density at radius 3 is 2.47 bits per heavy atom. The van der Waals surface area contributed by atoms with Crippen LogP contribution in [0.3, 0.4) is 0 Å². The molecule has 5 nitrogen and oxygen atoms in total. The van der Waals surface area contributed by atoms with Gasteiger partial charge in [-0.05, 0) is 27.2 Å². The van der Waals surface area contributed by atoms with Crippen molar-refractivity contribution in [3.63, 3.8) is 0 Å². The molecule has 0 saturated carbocycles. The van der Waals surface area contributed by atoms with Crippen molar-refractivity contribution in [1.82, 2.24) is 10.2 Å². The second kappa shape index (κ2) is 4.37. The van der Waals surface area contributed by atoms with Gasteiger partial charge in [0.1, 0.15) is 0 Å². The summed E-state index contributed by atoms with van der Waals surface area (Å²) in [6, 6.07) is -0.0150. The fraction of sp³-hybridized carbons (Fsp3) is 0.900. The SMILES string of the molecule is CC(C)(C)N(C(=O)O)C1CNC(CO)C1. The molecule has 88 valence electrons. The molecule has 2 atom stereocenters. The van der Waals surface area contributed by atoms with E-state index >= 15 is 0 Å². The highest BCUT2D eigenvalue weighted by Crippen LogP contribution is 2.22. The standard InChI is InChI=1S/C10H20N2O3/c1-10(2,3)12(9(14)15)8-4-7(6-13)11-5-8/h7-8,11,13H,4-6H2,1-3H3,(H,14,15). The van der Waals surface area contributed by atoms with E-state index in [2.05, 4.69) is 5.32 Å². The van der Waals surface area contributed by atoms with Gasteiger partial charge >= 0.3 is 6.09 Å². The molecule has 0 spiro atoms. The van der Waals surface area contributed by atoms with Gasteiger partial charge in [0.2, 0.25) is 0 Å². The van der Waals surface area contributed by atoms with E-state index in [9.17, 15) is 4.79 Å². The third-order valence-corrected chi connectivity index (χ3v) is 2.71. The quantitative estimate of drug-likeness (QED) is 0.628. The van der Waals surface area contributed by atoms with E-state index in [1.807, 2.05) is 20.8 Å². The van der Waals surface area contributed by atoms with Crippen LogP contribution in [0.4, 0.5) is 4.79 Å². The lowest BCUT2D eigenvalue weighted by molar-refractivity contribution is 0.0743. The first-order valence-corrected chi connectivity index (χ1v) is 5.22. The summed E-state index contributed by atoms with van der Waals surface area (Å²) in [6.45, 7) is 6.33. The molecule has 0 bridgehead atoms. The van der Waals surface area contributed by atoms with Crippen LogP contribution in [0.5, 0.6) is 0 Å². The number of nitrogens with one attached hydrogen (secondary N) is 1. The molecule has 0 aromatic rings. The zero-order chi connectivity index (χ0) is 11.6. The zero-order valence-electron chi connectivity index (χ0n) is 9.53. The van der Waals surface area contributed by atoms with Crippen LogP contribution in [0.15, 0.2) is 0 Å². The number of amides is 1. The van der Waals surface area contributed by atoms with Crippen molar-refractivity contribution < 1.29 is 15.0 Å². The van der Waals surface area contributed by atoms with E-state index in [1.165, 1.54) is 4.90 Å². The minimum atomic E-state index is -0.895. The van der Waals surface area contributed by atoms with E-state index in [1.54, 1.807) is 0 Å². The fourth-order valence-electron chi connectivity index (χ4n) is 2.12. The predicted octanol–water partition coefficient (Wildman–Crippen LogP) is 0.488. The van der Waals surface area contributed by atoms with Crippen molar-refractivity contribution in [1.29, 1.82) is 0 Å². The van der Waals surface area contributed by atoms with Crippen molar-refractivity contribution in [3.8, 4) is 0 Å². The summed E-state index contributed by atoms with van der Waals surface area (Å²) in [5.74, 6) is 0. The first-order chi connectivity index (χ1) is 6.86. The minimum Gasteiger partial charge on any atom is -0.465 e. The first-order valence-electron chi connectivity index (χ1n) is 5.22. The molecule has 3 N–H and O–H groups in total. The van der Waals surface area contributed by atoms with E-state index in [0.29, 0.717) is 13.0 Å². The molecule has 1 fully saturated rings. The highest BCUT2D eigenvalue weighted by molar-refractivity contribution is 5.66. The Morgan fingerprint density at radius 1 is 1.53 bits per heavy atom. The monoisotopic (exact) mass is 216 g/mol. The average Bonchev–Trinajstić information content (AvgIpc) is 2.49. The maximum absolute atomic E-state index is 11.2. The Morgan fingerprint density at radius 2 is 2.13 bits per heavy atom. The summed E-state index contributed by atoms with van der Waals surface area (Å²) in [6.07, 6.45) is -0.215. The van der Waals surface area contributed by atoms with Crippen LogP contribution < -0.4 is 5.32 Å². The van der Waals surface area contributed by atoms with Crippen LogP contribution >= 0.6 is 0 Å². The Kier molecular flexibility index (Phi) is 3.57. The van der Waals surface area contributed by atoms with Crippen LogP contribution in [-0.2, 0) is 0 Å². The van der Waals surface area contributed by atoms with Crippen molar-refractivity contribution in [2.75, 3.05) is 13.2 Å². The first kappa shape index (κ1) is 12.3. The molecule has 15 heavy (non-hydrogen) atoms. The molecular weight excluding hydrogens is 196 g/mol. The molecule has 0 aromatic carbocycles. The third kappa shape index (κ3) is 2.82. The van der Waals surface area contributed by atoms with Crippen LogP contribution in [0.1, 0.15) is 27.2 Å². The molecule has 1 aliphatic rings. The second-order valence-electron chi connectivity index (χ2n) is 5.00. The molecule has 1 aliphatic heterocycles. The highest BCUT2D eigenvalue weighted by Gasteiger charge is 2.37. The number of hydrogen-bond acceptors (Lipinski definition) is 3. The van der Waals surface area contributed by atoms with Gasteiger partial charge in [0.15, 0.2) is 0 Å². The van der Waals surface area contributed by atoms with Gasteiger partial charge in [-0.1, -0.05) is 0 Å². The number of nitrogens with zero attached hydrogens (tertiary/aromatic N) is 1. The second-order valence-corrected chi connectivity index (χ2v) is 5.00. The Bertz CT molecular complexity index is 237.